The van der Waals surface area contributed by atoms with Crippen LogP contribution in [0.25, 0.3) is 10.8 Å². The molecule has 3 saturated heterocycles. The maximum absolute atomic E-state index is 14.4. The summed E-state index contributed by atoms with van der Waals surface area (Å²) in [5.41, 5.74) is -0.714. The van der Waals surface area contributed by atoms with Gasteiger partial charge in [-0.15, -0.1) is 0 Å². The first kappa shape index (κ1) is 26.5. The number of aliphatic hydroxyl groups is 1. The molecule has 8 heteroatoms. The lowest BCUT2D eigenvalue weighted by Gasteiger charge is -2.37. The fourth-order valence-corrected chi connectivity index (χ4v) is 7.27. The molecule has 1 spiro atoms. The predicted molar refractivity (Wildman–Crippen MR) is 151 cm³/mol. The normalized spacial score (nSPS) is 29.4. The summed E-state index contributed by atoms with van der Waals surface area (Å²) in [5, 5.41) is 18.6. The van der Waals surface area contributed by atoms with Crippen molar-refractivity contribution >= 4 is 34.2 Å². The van der Waals surface area contributed by atoms with Crippen LogP contribution in [-0.2, 0) is 19.1 Å². The van der Waals surface area contributed by atoms with Crippen molar-refractivity contribution in [3.05, 3.63) is 78.4 Å². The summed E-state index contributed by atoms with van der Waals surface area (Å²) < 4.78 is 6.69. The molecule has 3 aromatic carbocycles. The highest BCUT2D eigenvalue weighted by molar-refractivity contribution is 6.04. The summed E-state index contributed by atoms with van der Waals surface area (Å²) in [6, 6.07) is 21.0. The van der Waals surface area contributed by atoms with Crippen LogP contribution in [0, 0.1) is 11.8 Å². The van der Waals surface area contributed by atoms with Crippen LogP contribution >= 0.6 is 0 Å². The predicted octanol–water partition coefficient (Wildman–Crippen LogP) is 3.80. The van der Waals surface area contributed by atoms with E-state index in [0.717, 1.165) is 17.2 Å². The average Bonchev–Trinajstić information content (AvgIpc) is 3.53. The fourth-order valence-electron chi connectivity index (χ4n) is 7.27. The number of hydrogen-bond acceptors (Lipinski definition) is 5. The van der Waals surface area contributed by atoms with Crippen molar-refractivity contribution in [1.29, 1.82) is 0 Å². The molecule has 0 saturated carbocycles. The number of rotatable bonds is 8. The van der Waals surface area contributed by atoms with Gasteiger partial charge in [0.05, 0.1) is 30.1 Å². The van der Waals surface area contributed by atoms with E-state index in [2.05, 4.69) is 10.6 Å². The molecule has 3 aliphatic rings. The average molecular weight is 542 g/mol. The number of ether oxygens (including phenoxy) is 1. The summed E-state index contributed by atoms with van der Waals surface area (Å²) in [5.74, 6) is -2.49. The highest BCUT2D eigenvalue weighted by atomic mass is 16.5. The number of nitrogens with zero attached hydrogens (tertiary/aromatic N) is 1. The largest absolute Gasteiger partial charge is 0.394 e. The Bertz CT molecular complexity index is 1460. The highest BCUT2D eigenvalue weighted by Crippen LogP contribution is 2.64. The number of carbonyl (C=O) groups is 3. The molecule has 3 amide bonds. The molecule has 3 fully saturated rings. The van der Waals surface area contributed by atoms with Gasteiger partial charge in [-0.1, -0.05) is 67.6 Å². The third-order valence-corrected chi connectivity index (χ3v) is 9.00. The van der Waals surface area contributed by atoms with Gasteiger partial charge in [0.25, 0.3) is 0 Å². The molecule has 3 N–H and O–H groups in total. The number of benzene rings is 3. The molecule has 40 heavy (non-hydrogen) atoms. The van der Waals surface area contributed by atoms with Gasteiger partial charge >= 0.3 is 0 Å². The van der Waals surface area contributed by atoms with Crippen LogP contribution in [0.4, 0.5) is 5.69 Å². The lowest BCUT2D eigenvalue weighted by Crippen LogP contribution is -2.54. The number of fused-ring (bicyclic) bond motifs is 2. The van der Waals surface area contributed by atoms with E-state index in [-0.39, 0.29) is 24.3 Å². The monoisotopic (exact) mass is 541 g/mol. The molecular formula is C32H35N3O5. The van der Waals surface area contributed by atoms with E-state index in [1.807, 2.05) is 86.6 Å². The van der Waals surface area contributed by atoms with Crippen molar-refractivity contribution in [3.63, 3.8) is 0 Å². The minimum atomic E-state index is -1.18. The van der Waals surface area contributed by atoms with Crippen molar-refractivity contribution < 1.29 is 24.2 Å². The summed E-state index contributed by atoms with van der Waals surface area (Å²) >= 11 is 0. The number of aliphatic hydroxyl groups excluding tert-OH is 1. The molecule has 0 aliphatic carbocycles. The van der Waals surface area contributed by atoms with E-state index in [0.29, 0.717) is 30.6 Å². The van der Waals surface area contributed by atoms with Gasteiger partial charge in [0, 0.05) is 12.2 Å². The van der Waals surface area contributed by atoms with E-state index >= 15 is 0 Å². The Morgan fingerprint density at radius 2 is 1.75 bits per heavy atom. The third kappa shape index (κ3) is 4.00. The number of likely N-dealkylation sites (tertiary alicyclic amines) is 1. The Kier molecular flexibility index (Phi) is 6.63. The number of anilines is 1. The van der Waals surface area contributed by atoms with E-state index in [9.17, 15) is 19.5 Å². The molecule has 3 aromatic rings. The summed E-state index contributed by atoms with van der Waals surface area (Å²) in [6.45, 7) is 3.98. The minimum absolute atomic E-state index is 0.222. The smallest absolute Gasteiger partial charge is 0.250 e. The SMILES string of the molecule is CCCNC(=O)[C@@H]1[C@H]2C(=O)N([C@H](CO)c3ccccc3)C(C(=O)Nc3ccc4ccccc4c3)C23CC[C@@]1(C)O3. The number of nitrogens with one attached hydrogen (secondary N) is 2. The van der Waals surface area contributed by atoms with Crippen LogP contribution in [0.5, 0.6) is 0 Å². The van der Waals surface area contributed by atoms with Crippen LogP contribution in [0.3, 0.4) is 0 Å². The van der Waals surface area contributed by atoms with Crippen molar-refractivity contribution in [2.45, 2.75) is 56.4 Å². The van der Waals surface area contributed by atoms with Gasteiger partial charge in [-0.2, -0.15) is 0 Å². The molecule has 6 rings (SSSR count). The molecule has 2 bridgehead atoms. The van der Waals surface area contributed by atoms with Crippen molar-refractivity contribution in [2.24, 2.45) is 11.8 Å². The zero-order valence-electron chi connectivity index (χ0n) is 22.8. The first-order valence-corrected chi connectivity index (χ1v) is 14.1. The second-order valence-corrected chi connectivity index (χ2v) is 11.4. The number of hydrogen-bond donors (Lipinski definition) is 3. The van der Waals surface area contributed by atoms with Crippen molar-refractivity contribution in [3.8, 4) is 0 Å². The maximum Gasteiger partial charge on any atom is 0.250 e. The van der Waals surface area contributed by atoms with Gasteiger partial charge in [-0.25, -0.2) is 0 Å². The first-order valence-electron chi connectivity index (χ1n) is 14.1. The molecule has 208 valence electrons. The molecule has 3 aliphatic heterocycles. The number of amides is 3. The Hall–Kier alpha value is -3.75. The van der Waals surface area contributed by atoms with Gasteiger partial charge < -0.3 is 25.4 Å². The lowest BCUT2D eigenvalue weighted by molar-refractivity contribution is -0.148. The Labute approximate surface area is 233 Å². The topological polar surface area (TPSA) is 108 Å². The molecule has 6 atom stereocenters. The summed E-state index contributed by atoms with van der Waals surface area (Å²) in [6.07, 6.45) is 1.80. The van der Waals surface area contributed by atoms with E-state index in [4.69, 9.17) is 4.74 Å². The van der Waals surface area contributed by atoms with Gasteiger partial charge in [0.1, 0.15) is 11.6 Å². The third-order valence-electron chi connectivity index (χ3n) is 9.00. The van der Waals surface area contributed by atoms with Gasteiger partial charge in [0.2, 0.25) is 17.7 Å². The summed E-state index contributed by atoms with van der Waals surface area (Å²) in [4.78, 5) is 43.6. The fraction of sp³-hybridized carbons (Fsp3) is 0.406. The zero-order chi connectivity index (χ0) is 28.1. The van der Waals surface area contributed by atoms with Gasteiger partial charge in [-0.3, -0.25) is 14.4 Å². The van der Waals surface area contributed by atoms with Gasteiger partial charge in [0.15, 0.2) is 0 Å². The molecule has 8 nitrogen and oxygen atoms in total. The Balaban J connectivity index is 1.43. The van der Waals surface area contributed by atoms with Crippen LogP contribution in [0.1, 0.15) is 44.7 Å². The van der Waals surface area contributed by atoms with E-state index in [1.54, 1.807) is 0 Å². The van der Waals surface area contributed by atoms with Crippen LogP contribution < -0.4 is 10.6 Å². The first-order chi connectivity index (χ1) is 19.3. The lowest BCUT2D eigenvalue weighted by atomic mass is 9.66. The Morgan fingerprint density at radius 3 is 2.48 bits per heavy atom. The second-order valence-electron chi connectivity index (χ2n) is 11.4. The highest BCUT2D eigenvalue weighted by Gasteiger charge is 2.78. The molecule has 3 heterocycles. The number of carbonyl (C=O) groups excluding carboxylic acids is 3. The van der Waals surface area contributed by atoms with Crippen molar-refractivity contribution in [2.75, 3.05) is 18.5 Å². The van der Waals surface area contributed by atoms with Crippen LogP contribution in [0.15, 0.2) is 72.8 Å². The Morgan fingerprint density at radius 1 is 1.02 bits per heavy atom. The van der Waals surface area contributed by atoms with E-state index < -0.39 is 35.1 Å². The molecular weight excluding hydrogens is 506 g/mol. The molecule has 0 aromatic heterocycles. The molecule has 0 radical (unpaired) electrons. The minimum Gasteiger partial charge on any atom is -0.394 e. The van der Waals surface area contributed by atoms with Crippen LogP contribution in [0.2, 0.25) is 0 Å². The van der Waals surface area contributed by atoms with Crippen LogP contribution in [-0.4, -0.2) is 58.1 Å². The summed E-state index contributed by atoms with van der Waals surface area (Å²) in [7, 11) is 0. The molecule has 2 unspecified atom stereocenters. The quantitative estimate of drug-likeness (QED) is 0.402. The van der Waals surface area contributed by atoms with Crippen molar-refractivity contribution in [1.82, 2.24) is 10.2 Å². The van der Waals surface area contributed by atoms with E-state index in [1.165, 1.54) is 4.90 Å². The maximum atomic E-state index is 14.4. The zero-order valence-corrected chi connectivity index (χ0v) is 22.8. The standard InChI is InChI=1S/C32H35N3O5/c1-3-17-33-28(37)25-26-30(39)35(24(19-36)21-10-5-4-6-11-21)27(32(26)16-15-31(25,2)40-32)29(38)34-23-14-13-20-9-7-8-12-22(20)18-23/h4-14,18,24-27,36H,3,15-17,19H2,1-2H3,(H,33,37)(H,34,38)/t24-,25+,26+,27?,31-,32?/m1/s1. The van der Waals surface area contributed by atoms with Gasteiger partial charge in [-0.05, 0) is 54.7 Å². The second kappa shape index (κ2) is 10.0.